The minimum Gasteiger partial charge on any atom is -0.368 e. The van der Waals surface area contributed by atoms with Gasteiger partial charge < -0.3 is 10.6 Å². The molecule has 3 rings (SSSR count). The number of nitrogens with two attached hydrogens (primary N) is 1. The maximum atomic E-state index is 12.7. The molecule has 0 saturated heterocycles. The highest BCUT2D eigenvalue weighted by Crippen LogP contribution is 2.32. The van der Waals surface area contributed by atoms with Crippen molar-refractivity contribution in [3.05, 3.63) is 34.9 Å². The van der Waals surface area contributed by atoms with Crippen LogP contribution in [0.25, 0.3) is 0 Å². The fourth-order valence-electron chi connectivity index (χ4n) is 3.87. The molecule has 1 fully saturated rings. The molecule has 0 bridgehead atoms. The van der Waals surface area contributed by atoms with Gasteiger partial charge in [0.05, 0.1) is 17.2 Å². The number of fused-ring (bicyclic) bond motifs is 1. The van der Waals surface area contributed by atoms with Crippen LogP contribution in [0.5, 0.6) is 0 Å². The monoisotopic (exact) mass is 311 g/mol. The molecule has 0 aromatic heterocycles. The third-order valence-corrected chi connectivity index (χ3v) is 5.11. The molecule has 2 N–H and O–H groups in total. The summed E-state index contributed by atoms with van der Waals surface area (Å²) in [4.78, 5) is 26.1. The van der Waals surface area contributed by atoms with Gasteiger partial charge in [0.15, 0.2) is 0 Å². The van der Waals surface area contributed by atoms with Gasteiger partial charge in [-0.15, -0.1) is 0 Å². The zero-order chi connectivity index (χ0) is 16.4. The molecular weight excluding hydrogens is 290 g/mol. The van der Waals surface area contributed by atoms with Crippen molar-refractivity contribution in [1.29, 1.82) is 5.26 Å². The fourth-order valence-corrected chi connectivity index (χ4v) is 3.87. The van der Waals surface area contributed by atoms with Crippen molar-refractivity contribution < 1.29 is 9.59 Å². The summed E-state index contributed by atoms with van der Waals surface area (Å²) in [6.45, 7) is 0.363. The first-order valence-electron chi connectivity index (χ1n) is 8.24. The minimum absolute atomic E-state index is 0.243. The van der Waals surface area contributed by atoms with Crippen LogP contribution in [0.15, 0.2) is 18.2 Å². The summed E-state index contributed by atoms with van der Waals surface area (Å²) in [5.41, 5.74) is 7.18. The van der Waals surface area contributed by atoms with E-state index >= 15 is 0 Å². The number of nitriles is 1. The Hall–Kier alpha value is -2.35. The van der Waals surface area contributed by atoms with Gasteiger partial charge in [-0.05, 0) is 30.4 Å². The molecule has 0 spiro atoms. The fraction of sp³-hybridized carbons (Fsp3) is 0.500. The van der Waals surface area contributed by atoms with Crippen molar-refractivity contribution in [1.82, 2.24) is 4.90 Å². The number of benzene rings is 1. The van der Waals surface area contributed by atoms with Crippen molar-refractivity contribution in [2.45, 2.75) is 51.1 Å². The molecular formula is C18H21N3O2. The molecule has 1 atom stereocenters. The van der Waals surface area contributed by atoms with Crippen LogP contribution in [-0.4, -0.2) is 22.8 Å². The van der Waals surface area contributed by atoms with Crippen LogP contribution < -0.4 is 5.73 Å². The lowest BCUT2D eigenvalue weighted by Gasteiger charge is -2.26. The smallest absolute Gasteiger partial charge is 0.256 e. The predicted octanol–water partition coefficient (Wildman–Crippen LogP) is 2.34. The van der Waals surface area contributed by atoms with Crippen LogP contribution in [0.4, 0.5) is 0 Å². The summed E-state index contributed by atoms with van der Waals surface area (Å²) in [5.74, 6) is -0.0540. The molecule has 23 heavy (non-hydrogen) atoms. The summed E-state index contributed by atoms with van der Waals surface area (Å²) in [6.07, 6.45) is 6.47. The van der Waals surface area contributed by atoms with Crippen LogP contribution in [-0.2, 0) is 11.3 Å². The van der Waals surface area contributed by atoms with Crippen molar-refractivity contribution in [2.24, 2.45) is 11.7 Å². The van der Waals surface area contributed by atoms with E-state index in [9.17, 15) is 14.9 Å². The normalized spacial score (nSPS) is 18.7. The quantitative estimate of drug-likeness (QED) is 0.905. The van der Waals surface area contributed by atoms with Crippen molar-refractivity contribution >= 4 is 11.8 Å². The van der Waals surface area contributed by atoms with Crippen molar-refractivity contribution in [2.75, 3.05) is 0 Å². The first kappa shape index (κ1) is 15.5. The number of carbonyl (C=O) groups excluding carboxylic acids is 2. The van der Waals surface area contributed by atoms with Gasteiger partial charge in [-0.25, -0.2) is 0 Å². The largest absolute Gasteiger partial charge is 0.368 e. The third kappa shape index (κ3) is 2.94. The van der Waals surface area contributed by atoms with Crippen LogP contribution in [0, 0.1) is 17.2 Å². The van der Waals surface area contributed by atoms with E-state index in [-0.39, 0.29) is 5.91 Å². The van der Waals surface area contributed by atoms with Crippen LogP contribution >= 0.6 is 0 Å². The van der Waals surface area contributed by atoms with E-state index in [2.05, 4.69) is 6.07 Å². The molecule has 2 amide bonds. The van der Waals surface area contributed by atoms with E-state index in [1.54, 1.807) is 17.0 Å². The third-order valence-electron chi connectivity index (χ3n) is 5.11. The highest BCUT2D eigenvalue weighted by atomic mass is 16.2. The predicted molar refractivity (Wildman–Crippen MR) is 85.2 cm³/mol. The van der Waals surface area contributed by atoms with E-state index in [0.717, 1.165) is 12.0 Å². The molecule has 1 aromatic rings. The van der Waals surface area contributed by atoms with Gasteiger partial charge in [0.25, 0.3) is 5.91 Å². The number of rotatable bonds is 5. The van der Waals surface area contributed by atoms with Crippen LogP contribution in [0.2, 0.25) is 0 Å². The zero-order valence-electron chi connectivity index (χ0n) is 13.1. The molecule has 0 radical (unpaired) electrons. The van der Waals surface area contributed by atoms with E-state index < -0.39 is 11.9 Å². The lowest BCUT2D eigenvalue weighted by Crippen LogP contribution is -2.45. The Bertz CT molecular complexity index is 671. The van der Waals surface area contributed by atoms with Gasteiger partial charge in [0.1, 0.15) is 6.04 Å². The SMILES string of the molecule is N#Cc1cccc2c1C(=O)N(C(CCC1CCCC1)C(N)=O)C2. The number of amides is 2. The Morgan fingerprint density at radius 1 is 1.39 bits per heavy atom. The summed E-state index contributed by atoms with van der Waals surface area (Å²) in [5, 5.41) is 9.19. The molecule has 5 nitrogen and oxygen atoms in total. The molecule has 1 aliphatic carbocycles. The number of hydrogen-bond acceptors (Lipinski definition) is 3. The maximum absolute atomic E-state index is 12.7. The number of nitrogens with zero attached hydrogens (tertiary/aromatic N) is 2. The second-order valence-electron chi connectivity index (χ2n) is 6.53. The van der Waals surface area contributed by atoms with Gasteiger partial charge in [0.2, 0.25) is 5.91 Å². The summed E-state index contributed by atoms with van der Waals surface area (Å²) >= 11 is 0. The molecule has 2 aliphatic rings. The lowest BCUT2D eigenvalue weighted by atomic mass is 9.97. The van der Waals surface area contributed by atoms with Gasteiger partial charge >= 0.3 is 0 Å². The molecule has 120 valence electrons. The Kier molecular flexibility index (Phi) is 4.33. The number of primary amides is 1. The van der Waals surface area contributed by atoms with E-state index in [1.807, 2.05) is 6.07 Å². The maximum Gasteiger partial charge on any atom is 0.256 e. The topological polar surface area (TPSA) is 87.2 Å². The summed E-state index contributed by atoms with van der Waals surface area (Å²) in [6, 6.07) is 6.72. The van der Waals surface area contributed by atoms with Gasteiger partial charge in [0, 0.05) is 6.54 Å². The van der Waals surface area contributed by atoms with Crippen LogP contribution in [0.1, 0.15) is 60.0 Å². The Morgan fingerprint density at radius 3 is 2.78 bits per heavy atom. The average molecular weight is 311 g/mol. The second kappa shape index (κ2) is 6.41. The summed E-state index contributed by atoms with van der Waals surface area (Å²) < 4.78 is 0. The minimum atomic E-state index is -0.581. The summed E-state index contributed by atoms with van der Waals surface area (Å²) in [7, 11) is 0. The zero-order valence-corrected chi connectivity index (χ0v) is 13.1. The van der Waals surface area contributed by atoms with Gasteiger partial charge in [-0.2, -0.15) is 5.26 Å². The van der Waals surface area contributed by atoms with E-state index in [4.69, 9.17) is 5.73 Å². The standard InChI is InChI=1S/C18H21N3O2/c19-10-13-6-3-7-14-11-21(18(23)16(13)14)15(17(20)22)9-8-12-4-1-2-5-12/h3,6-7,12,15H,1-2,4-5,8-9,11H2,(H2,20,22). The molecule has 1 saturated carbocycles. The highest BCUT2D eigenvalue weighted by molar-refractivity contribution is 6.02. The Labute approximate surface area is 136 Å². The molecule has 1 unspecified atom stereocenters. The van der Waals surface area contributed by atoms with Crippen molar-refractivity contribution in [3.63, 3.8) is 0 Å². The van der Waals surface area contributed by atoms with Gasteiger partial charge in [-0.1, -0.05) is 37.8 Å². The van der Waals surface area contributed by atoms with Gasteiger partial charge in [-0.3, -0.25) is 9.59 Å². The number of carbonyl (C=O) groups is 2. The lowest BCUT2D eigenvalue weighted by molar-refractivity contribution is -0.122. The van der Waals surface area contributed by atoms with Crippen molar-refractivity contribution in [3.8, 4) is 6.07 Å². The molecule has 1 heterocycles. The second-order valence-corrected chi connectivity index (χ2v) is 6.53. The van der Waals surface area contributed by atoms with E-state index in [1.165, 1.54) is 25.7 Å². The molecule has 1 aromatic carbocycles. The molecule has 5 heteroatoms. The first-order valence-corrected chi connectivity index (χ1v) is 8.24. The average Bonchev–Trinajstić information content (AvgIpc) is 3.16. The first-order chi connectivity index (χ1) is 11.1. The Balaban J connectivity index is 1.78. The number of hydrogen-bond donors (Lipinski definition) is 1. The Morgan fingerprint density at radius 2 is 2.13 bits per heavy atom. The highest BCUT2D eigenvalue weighted by Gasteiger charge is 2.37. The molecule has 1 aliphatic heterocycles. The van der Waals surface area contributed by atoms with Crippen LogP contribution in [0.3, 0.4) is 0 Å². The van der Waals surface area contributed by atoms with E-state index in [0.29, 0.717) is 30.0 Å².